The second-order valence-electron chi connectivity index (χ2n) is 10.8. The van der Waals surface area contributed by atoms with Gasteiger partial charge in [-0.25, -0.2) is 4.98 Å². The van der Waals surface area contributed by atoms with Gasteiger partial charge in [0.15, 0.2) is 0 Å². The van der Waals surface area contributed by atoms with E-state index in [4.69, 9.17) is 49.0 Å². The van der Waals surface area contributed by atoms with E-state index in [9.17, 15) is 10.1 Å². The van der Waals surface area contributed by atoms with E-state index in [2.05, 4.69) is 26.9 Å². The van der Waals surface area contributed by atoms with Gasteiger partial charge in [-0.15, -0.1) is 0 Å². The Morgan fingerprint density at radius 2 is 1.80 bits per heavy atom. The molecule has 0 amide bonds. The number of non-ortho nitro benzene ring substituents is 1. The van der Waals surface area contributed by atoms with Gasteiger partial charge in [-0.2, -0.15) is 0 Å². The van der Waals surface area contributed by atoms with Crippen LogP contribution in [0.3, 0.4) is 0 Å². The van der Waals surface area contributed by atoms with Gasteiger partial charge in [0, 0.05) is 73.5 Å². The highest BCUT2D eigenvalue weighted by molar-refractivity contribution is 6.35. The van der Waals surface area contributed by atoms with E-state index in [1.807, 2.05) is 29.0 Å². The molecule has 2 saturated heterocycles. The molecule has 0 radical (unpaired) electrons. The van der Waals surface area contributed by atoms with Gasteiger partial charge in [-0.1, -0.05) is 40.9 Å². The van der Waals surface area contributed by atoms with Crippen LogP contribution in [0.4, 0.5) is 11.4 Å². The molecule has 13 heteroatoms. The van der Waals surface area contributed by atoms with Gasteiger partial charge in [0.2, 0.25) is 5.79 Å². The number of imidazole rings is 1. The molecule has 44 heavy (non-hydrogen) atoms. The van der Waals surface area contributed by atoms with Crippen molar-refractivity contribution < 1.29 is 19.1 Å². The lowest BCUT2D eigenvalue weighted by Gasteiger charge is -2.36. The first-order valence-corrected chi connectivity index (χ1v) is 15.3. The number of piperazine rings is 1. The SMILES string of the molecule is O=[N+]([O-])c1ccc(CN2CCN(c3ccc(OCC4COC(Cn5ccnc5)(c5ccc(Cl)cc5Cl)O4)cc3)CC2)c(Cl)c1. The molecule has 0 aliphatic carbocycles. The number of nitrogens with zero attached hydrogens (tertiary/aromatic N) is 5. The fourth-order valence-electron chi connectivity index (χ4n) is 5.50. The lowest BCUT2D eigenvalue weighted by atomic mass is 10.1. The fraction of sp³-hybridized carbons (Fsp3) is 0.323. The third kappa shape index (κ3) is 6.96. The maximum Gasteiger partial charge on any atom is 0.270 e. The molecule has 2 unspecified atom stereocenters. The molecule has 0 N–H and O–H groups in total. The van der Waals surface area contributed by atoms with Crippen LogP contribution in [-0.4, -0.2) is 64.9 Å². The lowest BCUT2D eigenvalue weighted by Crippen LogP contribution is -2.46. The van der Waals surface area contributed by atoms with Gasteiger partial charge in [0.05, 0.1) is 34.4 Å². The number of hydrogen-bond acceptors (Lipinski definition) is 8. The molecule has 3 aromatic carbocycles. The quantitative estimate of drug-likeness (QED) is 0.142. The van der Waals surface area contributed by atoms with Crippen LogP contribution < -0.4 is 9.64 Å². The van der Waals surface area contributed by atoms with Crippen molar-refractivity contribution in [1.29, 1.82) is 0 Å². The maximum atomic E-state index is 11.0. The zero-order valence-electron chi connectivity index (χ0n) is 23.7. The van der Waals surface area contributed by atoms with Gasteiger partial charge < -0.3 is 23.7 Å². The Hall–Kier alpha value is -3.38. The van der Waals surface area contributed by atoms with Crippen LogP contribution in [0.2, 0.25) is 15.1 Å². The topological polar surface area (TPSA) is 95.1 Å². The molecule has 0 saturated carbocycles. The number of anilines is 1. The largest absolute Gasteiger partial charge is 0.491 e. The minimum Gasteiger partial charge on any atom is -0.491 e. The summed E-state index contributed by atoms with van der Waals surface area (Å²) in [7, 11) is 0. The Labute approximate surface area is 269 Å². The van der Waals surface area contributed by atoms with Crippen molar-refractivity contribution in [3.05, 3.63) is 116 Å². The molecule has 10 nitrogen and oxygen atoms in total. The molecule has 2 fully saturated rings. The summed E-state index contributed by atoms with van der Waals surface area (Å²) in [5.74, 6) is -0.368. The van der Waals surface area contributed by atoms with Crippen LogP contribution in [-0.2, 0) is 28.4 Å². The molecule has 3 heterocycles. The van der Waals surface area contributed by atoms with E-state index in [0.717, 1.165) is 43.2 Å². The van der Waals surface area contributed by atoms with E-state index < -0.39 is 10.7 Å². The van der Waals surface area contributed by atoms with E-state index in [-0.39, 0.29) is 11.8 Å². The zero-order chi connectivity index (χ0) is 30.7. The third-order valence-corrected chi connectivity index (χ3v) is 8.70. The van der Waals surface area contributed by atoms with Crippen LogP contribution in [0.25, 0.3) is 0 Å². The average Bonchev–Trinajstić information content (AvgIpc) is 3.68. The highest BCUT2D eigenvalue weighted by Crippen LogP contribution is 2.40. The van der Waals surface area contributed by atoms with E-state index in [1.54, 1.807) is 30.7 Å². The summed E-state index contributed by atoms with van der Waals surface area (Å²) in [4.78, 5) is 19.3. The number of ether oxygens (including phenoxy) is 3. The Morgan fingerprint density at radius 3 is 2.48 bits per heavy atom. The fourth-order valence-corrected chi connectivity index (χ4v) is 6.29. The molecule has 1 aromatic heterocycles. The summed E-state index contributed by atoms with van der Waals surface area (Å²) in [6, 6.07) is 18.0. The van der Waals surface area contributed by atoms with Crippen molar-refractivity contribution in [2.45, 2.75) is 25.0 Å². The summed E-state index contributed by atoms with van der Waals surface area (Å²) in [5.41, 5.74) is 2.70. The Morgan fingerprint density at radius 1 is 1.00 bits per heavy atom. The molecular formula is C31H30Cl3N5O5. The Kier molecular flexibility index (Phi) is 9.27. The first-order valence-electron chi connectivity index (χ1n) is 14.1. The standard InChI is InChI=1S/C31H30Cl3N5O5/c32-23-2-8-28(30(34)15-23)31(20-37-10-9-35-21-37)43-19-27(44-31)18-42-26-6-4-24(5-7-26)38-13-11-36(12-14-38)17-22-1-3-25(39(40)41)16-29(22)33/h1-10,15-16,21,27H,11-14,17-20H2. The van der Waals surface area contributed by atoms with Crippen LogP contribution in [0.5, 0.6) is 5.75 Å². The second-order valence-corrected chi connectivity index (χ2v) is 12.0. The van der Waals surface area contributed by atoms with Gasteiger partial charge in [0.1, 0.15) is 18.5 Å². The van der Waals surface area contributed by atoms with E-state index in [0.29, 0.717) is 46.9 Å². The van der Waals surface area contributed by atoms with E-state index in [1.165, 1.54) is 12.1 Å². The maximum absolute atomic E-state index is 11.0. The predicted molar refractivity (Wildman–Crippen MR) is 169 cm³/mol. The Balaban J connectivity index is 1.02. The number of nitro benzene ring substituents is 1. The summed E-state index contributed by atoms with van der Waals surface area (Å²) in [6.07, 6.45) is 4.94. The van der Waals surface area contributed by atoms with Gasteiger partial charge in [-0.3, -0.25) is 15.0 Å². The first-order chi connectivity index (χ1) is 21.3. The molecule has 2 aliphatic rings. The predicted octanol–water partition coefficient (Wildman–Crippen LogP) is 6.42. The minimum atomic E-state index is -1.10. The van der Waals surface area contributed by atoms with Crippen molar-refractivity contribution >= 4 is 46.2 Å². The smallest absolute Gasteiger partial charge is 0.270 e. The number of aromatic nitrogens is 2. The van der Waals surface area contributed by atoms with Crippen molar-refractivity contribution in [3.8, 4) is 5.75 Å². The number of nitro groups is 1. The van der Waals surface area contributed by atoms with Crippen LogP contribution in [0.1, 0.15) is 11.1 Å². The Bertz CT molecular complexity index is 1600. The summed E-state index contributed by atoms with van der Waals surface area (Å²) >= 11 is 19.0. The second kappa shape index (κ2) is 13.3. The van der Waals surface area contributed by atoms with Crippen LogP contribution >= 0.6 is 34.8 Å². The molecule has 2 aliphatic heterocycles. The molecule has 4 aromatic rings. The van der Waals surface area contributed by atoms with E-state index >= 15 is 0 Å². The normalized spacial score (nSPS) is 20.6. The van der Waals surface area contributed by atoms with Gasteiger partial charge in [-0.05, 0) is 48.0 Å². The number of benzene rings is 3. The number of rotatable bonds is 10. The summed E-state index contributed by atoms with van der Waals surface area (Å²) in [6.45, 7) is 5.06. The summed E-state index contributed by atoms with van der Waals surface area (Å²) in [5, 5.41) is 12.4. The molecule has 0 bridgehead atoms. The molecular weight excluding hydrogens is 629 g/mol. The molecule has 0 spiro atoms. The van der Waals surface area contributed by atoms with Crippen molar-refractivity contribution in [2.24, 2.45) is 0 Å². The van der Waals surface area contributed by atoms with Gasteiger partial charge in [0.25, 0.3) is 5.69 Å². The minimum absolute atomic E-state index is 0.00154. The first kappa shape index (κ1) is 30.6. The van der Waals surface area contributed by atoms with Crippen molar-refractivity contribution in [3.63, 3.8) is 0 Å². The molecule has 6 rings (SSSR count). The average molecular weight is 659 g/mol. The van der Waals surface area contributed by atoms with Crippen LogP contribution in [0.15, 0.2) is 79.4 Å². The van der Waals surface area contributed by atoms with Crippen molar-refractivity contribution in [2.75, 3.05) is 44.3 Å². The van der Waals surface area contributed by atoms with Crippen LogP contribution in [0, 0.1) is 10.1 Å². The monoisotopic (exact) mass is 657 g/mol. The molecule has 2 atom stereocenters. The highest BCUT2D eigenvalue weighted by Gasteiger charge is 2.45. The number of hydrogen-bond donors (Lipinski definition) is 0. The zero-order valence-corrected chi connectivity index (χ0v) is 25.9. The summed E-state index contributed by atoms with van der Waals surface area (Å²) < 4.78 is 20.7. The number of halogens is 3. The third-order valence-electron chi connectivity index (χ3n) is 7.80. The van der Waals surface area contributed by atoms with Crippen molar-refractivity contribution in [1.82, 2.24) is 14.5 Å². The highest BCUT2D eigenvalue weighted by atomic mass is 35.5. The lowest BCUT2D eigenvalue weighted by molar-refractivity contribution is -0.384. The van der Waals surface area contributed by atoms with Gasteiger partial charge >= 0.3 is 0 Å². The molecule has 230 valence electrons.